The lowest BCUT2D eigenvalue weighted by atomic mass is 10.1. The van der Waals surface area contributed by atoms with Crippen LogP contribution in [0.2, 0.25) is 0 Å². The van der Waals surface area contributed by atoms with E-state index in [4.69, 9.17) is 0 Å². The van der Waals surface area contributed by atoms with E-state index in [1.165, 1.54) is 25.7 Å². The Morgan fingerprint density at radius 1 is 1.28 bits per heavy atom. The quantitative estimate of drug-likeness (QED) is 0.702. The summed E-state index contributed by atoms with van der Waals surface area (Å²) < 4.78 is 0. The fraction of sp³-hybridized carbons (Fsp3) is 0.929. The van der Waals surface area contributed by atoms with E-state index in [9.17, 15) is 9.90 Å². The molecule has 0 aromatic heterocycles. The van der Waals surface area contributed by atoms with E-state index in [1.54, 1.807) is 0 Å². The Morgan fingerprint density at radius 2 is 1.94 bits per heavy atom. The van der Waals surface area contributed by atoms with Crippen molar-refractivity contribution in [2.24, 2.45) is 0 Å². The highest BCUT2D eigenvalue weighted by Crippen LogP contribution is 2.10. The normalized spacial score (nSPS) is 17.4. The first kappa shape index (κ1) is 15.4. The van der Waals surface area contributed by atoms with Gasteiger partial charge in [-0.25, -0.2) is 0 Å². The fourth-order valence-electron chi connectivity index (χ4n) is 2.33. The van der Waals surface area contributed by atoms with Crippen LogP contribution in [-0.4, -0.2) is 60.1 Å². The van der Waals surface area contributed by atoms with E-state index < -0.39 is 0 Å². The lowest BCUT2D eigenvalue weighted by Crippen LogP contribution is -2.44. The molecule has 0 spiro atoms. The predicted octanol–water partition coefficient (Wildman–Crippen LogP) is 1.48. The topological polar surface area (TPSA) is 43.8 Å². The first-order valence-corrected chi connectivity index (χ1v) is 7.28. The number of carbonyl (C=O) groups is 1. The molecule has 1 amide bonds. The summed E-state index contributed by atoms with van der Waals surface area (Å²) in [6, 6.07) is 0. The molecule has 1 aliphatic heterocycles. The van der Waals surface area contributed by atoms with Crippen molar-refractivity contribution in [2.45, 2.75) is 51.6 Å². The largest absolute Gasteiger partial charge is 0.393 e. The number of likely N-dealkylation sites (tertiary alicyclic amines) is 1. The molecule has 1 rings (SSSR count). The first-order valence-electron chi connectivity index (χ1n) is 7.28. The Morgan fingerprint density at radius 3 is 2.56 bits per heavy atom. The molecule has 1 heterocycles. The summed E-state index contributed by atoms with van der Waals surface area (Å²) in [6.45, 7) is 5.15. The molecule has 0 aliphatic carbocycles. The van der Waals surface area contributed by atoms with Gasteiger partial charge in [-0.05, 0) is 32.9 Å². The van der Waals surface area contributed by atoms with Crippen LogP contribution >= 0.6 is 0 Å². The van der Waals surface area contributed by atoms with E-state index in [1.807, 2.05) is 11.9 Å². The molecule has 1 N–H and O–H groups in total. The summed E-state index contributed by atoms with van der Waals surface area (Å²) in [5.41, 5.74) is 0. The van der Waals surface area contributed by atoms with Gasteiger partial charge in [-0.1, -0.05) is 26.2 Å². The van der Waals surface area contributed by atoms with Crippen LogP contribution in [0.3, 0.4) is 0 Å². The SMILES string of the molecule is CCCCCCN(C)CC(=O)N1CCC(O)CC1. The zero-order valence-corrected chi connectivity index (χ0v) is 11.9. The second-order valence-corrected chi connectivity index (χ2v) is 5.41. The Bertz CT molecular complexity index is 238. The lowest BCUT2D eigenvalue weighted by Gasteiger charge is -2.31. The van der Waals surface area contributed by atoms with Gasteiger partial charge in [-0.2, -0.15) is 0 Å². The maximum atomic E-state index is 12.0. The molecular formula is C14H28N2O2. The van der Waals surface area contributed by atoms with Gasteiger partial charge in [0, 0.05) is 13.1 Å². The van der Waals surface area contributed by atoms with Crippen molar-refractivity contribution in [3.05, 3.63) is 0 Å². The van der Waals surface area contributed by atoms with Crippen molar-refractivity contribution in [1.82, 2.24) is 9.80 Å². The number of nitrogens with zero attached hydrogens (tertiary/aromatic N) is 2. The molecule has 106 valence electrons. The Kier molecular flexibility index (Phi) is 7.28. The molecule has 0 radical (unpaired) electrons. The summed E-state index contributed by atoms with van der Waals surface area (Å²) in [5, 5.41) is 9.41. The van der Waals surface area contributed by atoms with Crippen molar-refractivity contribution < 1.29 is 9.90 Å². The van der Waals surface area contributed by atoms with Gasteiger partial charge in [0.1, 0.15) is 0 Å². The van der Waals surface area contributed by atoms with Crippen LogP contribution in [0.25, 0.3) is 0 Å². The number of likely N-dealkylation sites (N-methyl/N-ethyl adjacent to an activating group) is 1. The number of hydrogen-bond acceptors (Lipinski definition) is 3. The lowest BCUT2D eigenvalue weighted by molar-refractivity contribution is -0.134. The molecule has 0 aromatic carbocycles. The van der Waals surface area contributed by atoms with Crippen molar-refractivity contribution in [3.63, 3.8) is 0 Å². The van der Waals surface area contributed by atoms with E-state index in [0.29, 0.717) is 19.6 Å². The summed E-state index contributed by atoms with van der Waals surface area (Å²) >= 11 is 0. The van der Waals surface area contributed by atoms with E-state index in [0.717, 1.165) is 19.4 Å². The molecule has 1 aliphatic rings. The van der Waals surface area contributed by atoms with Gasteiger partial charge in [0.25, 0.3) is 0 Å². The number of amides is 1. The summed E-state index contributed by atoms with van der Waals surface area (Å²) in [5.74, 6) is 0.208. The number of unbranched alkanes of at least 4 members (excludes halogenated alkanes) is 3. The predicted molar refractivity (Wildman–Crippen MR) is 73.5 cm³/mol. The van der Waals surface area contributed by atoms with Gasteiger partial charge >= 0.3 is 0 Å². The van der Waals surface area contributed by atoms with Crippen LogP contribution in [0.1, 0.15) is 45.4 Å². The molecule has 1 saturated heterocycles. The van der Waals surface area contributed by atoms with Gasteiger partial charge in [0.05, 0.1) is 12.6 Å². The molecule has 1 fully saturated rings. The zero-order chi connectivity index (χ0) is 13.4. The molecule has 0 unspecified atom stereocenters. The minimum absolute atomic E-state index is 0.208. The molecule has 4 nitrogen and oxygen atoms in total. The number of piperidine rings is 1. The summed E-state index contributed by atoms with van der Waals surface area (Å²) in [6.07, 6.45) is 6.21. The van der Waals surface area contributed by atoms with Gasteiger partial charge in [0.15, 0.2) is 0 Å². The summed E-state index contributed by atoms with van der Waals surface area (Å²) in [4.78, 5) is 16.0. The molecule has 4 heteroatoms. The number of rotatable bonds is 7. The number of carbonyl (C=O) groups excluding carboxylic acids is 1. The van der Waals surface area contributed by atoms with Crippen LogP contribution in [0, 0.1) is 0 Å². The van der Waals surface area contributed by atoms with Gasteiger partial charge in [-0.3, -0.25) is 9.69 Å². The van der Waals surface area contributed by atoms with Gasteiger partial charge in [-0.15, -0.1) is 0 Å². The van der Waals surface area contributed by atoms with Gasteiger partial charge < -0.3 is 10.0 Å². The highest BCUT2D eigenvalue weighted by Gasteiger charge is 2.21. The molecule has 0 atom stereocenters. The van der Waals surface area contributed by atoms with Crippen LogP contribution < -0.4 is 0 Å². The molecular weight excluding hydrogens is 228 g/mol. The van der Waals surface area contributed by atoms with Crippen molar-refractivity contribution >= 4 is 5.91 Å². The monoisotopic (exact) mass is 256 g/mol. The van der Waals surface area contributed by atoms with E-state index in [-0.39, 0.29) is 12.0 Å². The third kappa shape index (κ3) is 5.83. The van der Waals surface area contributed by atoms with Gasteiger partial charge in [0.2, 0.25) is 5.91 Å². The zero-order valence-electron chi connectivity index (χ0n) is 11.9. The maximum absolute atomic E-state index is 12.0. The van der Waals surface area contributed by atoms with Crippen LogP contribution in [-0.2, 0) is 4.79 Å². The van der Waals surface area contributed by atoms with Crippen LogP contribution in [0.15, 0.2) is 0 Å². The van der Waals surface area contributed by atoms with Crippen molar-refractivity contribution in [3.8, 4) is 0 Å². The number of aliphatic hydroxyl groups is 1. The van der Waals surface area contributed by atoms with Crippen molar-refractivity contribution in [2.75, 3.05) is 33.2 Å². The Balaban J connectivity index is 2.14. The standard InChI is InChI=1S/C14H28N2O2/c1-3-4-5-6-9-15(2)12-14(18)16-10-7-13(17)8-11-16/h13,17H,3-12H2,1-2H3. The highest BCUT2D eigenvalue weighted by atomic mass is 16.3. The molecule has 0 saturated carbocycles. The Hall–Kier alpha value is -0.610. The van der Waals surface area contributed by atoms with Crippen molar-refractivity contribution in [1.29, 1.82) is 0 Å². The minimum Gasteiger partial charge on any atom is -0.393 e. The Labute approximate surface area is 111 Å². The fourth-order valence-corrected chi connectivity index (χ4v) is 2.33. The second kappa shape index (κ2) is 8.48. The molecule has 0 bridgehead atoms. The average molecular weight is 256 g/mol. The van der Waals surface area contributed by atoms with Crippen LogP contribution in [0.4, 0.5) is 0 Å². The van der Waals surface area contributed by atoms with Crippen LogP contribution in [0.5, 0.6) is 0 Å². The highest BCUT2D eigenvalue weighted by molar-refractivity contribution is 5.78. The van der Waals surface area contributed by atoms with E-state index >= 15 is 0 Å². The van der Waals surface area contributed by atoms with E-state index in [2.05, 4.69) is 11.8 Å². The second-order valence-electron chi connectivity index (χ2n) is 5.41. The first-order chi connectivity index (χ1) is 8.63. The molecule has 0 aromatic rings. The molecule has 18 heavy (non-hydrogen) atoms. The third-order valence-electron chi connectivity index (χ3n) is 3.62. The number of hydrogen-bond donors (Lipinski definition) is 1. The third-order valence-corrected chi connectivity index (χ3v) is 3.62. The smallest absolute Gasteiger partial charge is 0.236 e. The number of aliphatic hydroxyl groups excluding tert-OH is 1. The summed E-state index contributed by atoms with van der Waals surface area (Å²) in [7, 11) is 2.02. The minimum atomic E-state index is -0.208. The maximum Gasteiger partial charge on any atom is 0.236 e. The average Bonchev–Trinajstić information content (AvgIpc) is 2.35.